The van der Waals surface area contributed by atoms with Crippen molar-refractivity contribution in [3.63, 3.8) is 0 Å². The van der Waals surface area contributed by atoms with Crippen LogP contribution < -0.4 is 4.90 Å². The van der Waals surface area contributed by atoms with Crippen LogP contribution in [0.2, 0.25) is 0 Å². The van der Waals surface area contributed by atoms with Crippen LogP contribution in [0.3, 0.4) is 0 Å². The van der Waals surface area contributed by atoms with Crippen LogP contribution in [-0.2, 0) is 6.42 Å². The minimum Gasteiger partial charge on any atom is -0.507 e. The number of phenols is 1. The van der Waals surface area contributed by atoms with Crippen LogP contribution in [0.25, 0.3) is 27.0 Å². The summed E-state index contributed by atoms with van der Waals surface area (Å²) in [4.78, 5) is 5.07. The molecule has 1 atom stereocenters. The maximum Gasteiger partial charge on any atom is 0.128 e. The number of anilines is 1. The average molecular weight is 586 g/mol. The average Bonchev–Trinajstić information content (AvgIpc) is 3.72. The first kappa shape index (κ1) is 29.9. The van der Waals surface area contributed by atoms with E-state index in [4.69, 9.17) is 0 Å². The molecule has 0 spiro atoms. The number of aromatic hydroxyl groups is 1. The van der Waals surface area contributed by atoms with Crippen LogP contribution >= 0.6 is 22.7 Å². The molecule has 2 aromatic heterocycles. The van der Waals surface area contributed by atoms with E-state index in [1.807, 2.05) is 0 Å². The summed E-state index contributed by atoms with van der Waals surface area (Å²) in [5, 5.41) is 16.5. The molecule has 0 radical (unpaired) electrons. The molecular weight excluding hydrogens is 539 g/mol. The zero-order chi connectivity index (χ0) is 28.4. The Hall–Kier alpha value is -2.56. The van der Waals surface area contributed by atoms with Gasteiger partial charge in [-0.25, -0.2) is 0 Å². The summed E-state index contributed by atoms with van der Waals surface area (Å²) in [6.45, 7) is 5.59. The molecule has 0 bridgehead atoms. The summed E-state index contributed by atoms with van der Waals surface area (Å²) in [7, 11) is 0. The molecule has 2 nitrogen and oxygen atoms in total. The second kappa shape index (κ2) is 15.1. The first-order valence-electron chi connectivity index (χ1n) is 16.1. The van der Waals surface area contributed by atoms with E-state index in [2.05, 4.69) is 84.2 Å². The highest BCUT2D eigenvalue weighted by Gasteiger charge is 2.34. The number of fused-ring (bicyclic) bond motifs is 2. The lowest BCUT2D eigenvalue weighted by Gasteiger charge is -2.41. The summed E-state index contributed by atoms with van der Waals surface area (Å²) >= 11 is 3.52. The summed E-state index contributed by atoms with van der Waals surface area (Å²) in [5.41, 5.74) is 7.30. The van der Waals surface area contributed by atoms with Gasteiger partial charge in [-0.1, -0.05) is 114 Å². The van der Waals surface area contributed by atoms with E-state index in [1.165, 1.54) is 97.9 Å². The fourth-order valence-corrected chi connectivity index (χ4v) is 8.04. The van der Waals surface area contributed by atoms with Gasteiger partial charge in [0.15, 0.2) is 0 Å². The monoisotopic (exact) mass is 585 g/mol. The predicted octanol–water partition coefficient (Wildman–Crippen LogP) is 11.8. The fraction of sp³-hybridized carbons (Fsp3) is 0.459. The van der Waals surface area contributed by atoms with Crippen molar-refractivity contribution in [2.75, 3.05) is 11.4 Å². The third-order valence-electron chi connectivity index (χ3n) is 8.63. The van der Waals surface area contributed by atoms with Gasteiger partial charge in [0.05, 0.1) is 11.7 Å². The Morgan fingerprint density at radius 1 is 0.756 bits per heavy atom. The van der Waals surface area contributed by atoms with E-state index < -0.39 is 0 Å². The second-order valence-corrected chi connectivity index (χ2v) is 13.5. The number of nitrogens with zero attached hydrogens (tertiary/aromatic N) is 1. The highest BCUT2D eigenvalue weighted by molar-refractivity contribution is 7.14. The number of allylic oxidation sites excluding steroid dienone is 2. The number of unbranched alkanes of at least 4 members (excludes halogenated alkanes) is 10. The van der Waals surface area contributed by atoms with Crippen molar-refractivity contribution < 1.29 is 5.11 Å². The van der Waals surface area contributed by atoms with Crippen molar-refractivity contribution in [2.24, 2.45) is 0 Å². The van der Waals surface area contributed by atoms with E-state index in [0.29, 0.717) is 5.75 Å². The van der Waals surface area contributed by atoms with Crippen molar-refractivity contribution in [3.8, 4) is 26.6 Å². The molecule has 0 fully saturated rings. The van der Waals surface area contributed by atoms with Gasteiger partial charge in [0.25, 0.3) is 0 Å². The molecule has 4 heteroatoms. The number of thiophene rings is 2. The molecule has 3 aromatic rings. The zero-order valence-corrected chi connectivity index (χ0v) is 26.7. The molecule has 0 amide bonds. The molecule has 1 aliphatic heterocycles. The summed E-state index contributed by atoms with van der Waals surface area (Å²) in [5.74, 6) is 0.495. The van der Waals surface area contributed by atoms with Gasteiger partial charge in [0.2, 0.25) is 0 Å². The van der Waals surface area contributed by atoms with Gasteiger partial charge in [-0.3, -0.25) is 0 Å². The summed E-state index contributed by atoms with van der Waals surface area (Å²) in [6.07, 6.45) is 27.6. The second-order valence-electron chi connectivity index (χ2n) is 11.6. The molecule has 1 N–H and O–H groups in total. The van der Waals surface area contributed by atoms with Crippen LogP contribution in [0.4, 0.5) is 5.69 Å². The topological polar surface area (TPSA) is 23.5 Å². The molecule has 1 aromatic carbocycles. The Labute approximate surface area is 256 Å². The van der Waals surface area contributed by atoms with Gasteiger partial charge in [-0.05, 0) is 53.8 Å². The Morgan fingerprint density at radius 3 is 2.05 bits per heavy atom. The smallest absolute Gasteiger partial charge is 0.128 e. The third kappa shape index (κ3) is 6.92. The van der Waals surface area contributed by atoms with Gasteiger partial charge < -0.3 is 10.0 Å². The van der Waals surface area contributed by atoms with E-state index in [9.17, 15) is 5.11 Å². The van der Waals surface area contributed by atoms with Gasteiger partial charge in [-0.15, -0.1) is 22.7 Å². The van der Waals surface area contributed by atoms with Crippen molar-refractivity contribution >= 4 is 34.4 Å². The van der Waals surface area contributed by atoms with Crippen LogP contribution in [0.15, 0.2) is 64.9 Å². The van der Waals surface area contributed by atoms with E-state index >= 15 is 0 Å². The molecule has 5 rings (SSSR count). The van der Waals surface area contributed by atoms with Gasteiger partial charge in [0.1, 0.15) is 5.75 Å². The normalized spacial score (nSPS) is 15.7. The van der Waals surface area contributed by atoms with E-state index in [1.54, 1.807) is 22.7 Å². The number of hydrogen-bond acceptors (Lipinski definition) is 4. The molecule has 1 aliphatic carbocycles. The first-order valence-corrected chi connectivity index (χ1v) is 17.8. The minimum atomic E-state index is 0.240. The van der Waals surface area contributed by atoms with Crippen LogP contribution in [0, 0.1) is 0 Å². The lowest BCUT2D eigenvalue weighted by molar-refractivity contribution is 0.467. The van der Waals surface area contributed by atoms with Gasteiger partial charge >= 0.3 is 0 Å². The number of hydrogen-bond donors (Lipinski definition) is 1. The Kier molecular flexibility index (Phi) is 11.0. The number of benzene rings is 1. The van der Waals surface area contributed by atoms with E-state index in [-0.39, 0.29) is 6.04 Å². The molecule has 0 saturated carbocycles. The molecule has 2 aliphatic rings. The SMILES string of the molecule is CCCCCCCCCCc1c(O)c(-c2cccs2)c(-c2cccs2)c2c1C=C1C=CC=CC1N2CCCCCC. The lowest BCUT2D eigenvalue weighted by Crippen LogP contribution is -2.39. The molecule has 41 heavy (non-hydrogen) atoms. The largest absolute Gasteiger partial charge is 0.507 e. The van der Waals surface area contributed by atoms with E-state index in [0.717, 1.165) is 35.4 Å². The maximum atomic E-state index is 12.2. The molecule has 3 heterocycles. The Balaban J connectivity index is 1.59. The van der Waals surface area contributed by atoms with Crippen molar-refractivity contribution in [1.82, 2.24) is 0 Å². The van der Waals surface area contributed by atoms with Crippen LogP contribution in [0.1, 0.15) is 102 Å². The van der Waals surface area contributed by atoms with Crippen molar-refractivity contribution in [1.29, 1.82) is 0 Å². The highest BCUT2D eigenvalue weighted by atomic mass is 32.1. The Morgan fingerprint density at radius 2 is 1.39 bits per heavy atom. The predicted molar refractivity (Wildman–Crippen MR) is 183 cm³/mol. The van der Waals surface area contributed by atoms with Crippen molar-refractivity contribution in [3.05, 3.63) is 76.0 Å². The standard InChI is InChI=1S/C37H47NOS2/c1-3-5-7-9-10-11-12-13-20-29-30-27-28-19-14-15-21-31(28)38(24-16-8-6-4-2)36(30)34(32-22-17-25-40-32)35(37(29)39)33-23-18-26-41-33/h14-15,17-19,21-23,25-27,31,39H,3-13,16,20,24H2,1-2H3. The fourth-order valence-electron chi connectivity index (χ4n) is 6.49. The molecule has 218 valence electrons. The number of phenolic OH excluding ortho intramolecular Hbond substituents is 1. The maximum absolute atomic E-state index is 12.2. The van der Waals surface area contributed by atoms with Crippen LogP contribution in [-0.4, -0.2) is 17.7 Å². The molecule has 1 unspecified atom stereocenters. The zero-order valence-electron chi connectivity index (χ0n) is 25.0. The number of rotatable bonds is 16. The van der Waals surface area contributed by atoms with Gasteiger partial charge in [-0.2, -0.15) is 0 Å². The summed E-state index contributed by atoms with van der Waals surface area (Å²) in [6, 6.07) is 8.92. The first-order chi connectivity index (χ1) is 20.2. The minimum absolute atomic E-state index is 0.240. The molecule has 0 saturated heterocycles. The van der Waals surface area contributed by atoms with Crippen molar-refractivity contribution in [2.45, 2.75) is 103 Å². The highest BCUT2D eigenvalue weighted by Crippen LogP contribution is 2.54. The van der Waals surface area contributed by atoms with Crippen LogP contribution in [0.5, 0.6) is 5.75 Å². The summed E-state index contributed by atoms with van der Waals surface area (Å²) < 4.78 is 0. The quantitative estimate of drug-likeness (QED) is 0.169. The lowest BCUT2D eigenvalue weighted by atomic mass is 9.83. The van der Waals surface area contributed by atoms with Gasteiger partial charge in [0, 0.05) is 38.6 Å². The molecular formula is C37H47NOS2. The Bertz CT molecular complexity index is 1330. The third-order valence-corrected chi connectivity index (χ3v) is 10.4.